The maximum Gasteiger partial charge on any atom is 0.295 e. The lowest BCUT2D eigenvalue weighted by Gasteiger charge is -2.07. The number of hydrogen-bond acceptors (Lipinski definition) is 8. The quantitative estimate of drug-likeness (QED) is 0.481. The van der Waals surface area contributed by atoms with Gasteiger partial charge in [0.05, 0.1) is 18.8 Å². The topological polar surface area (TPSA) is 107 Å². The van der Waals surface area contributed by atoms with E-state index in [1.165, 1.54) is 18.6 Å². The standard InChI is InChI=1S/C22H17N7O2/c1-13-11-14(31-2)7-8-15(13)19-27-20-16-5-3-4-6-17(16)25-22(29(20)28-19)26-18-12-23-9-10-24-21(18)30/h3-12H,1-2H3,(H,24,25,26,30). The summed E-state index contributed by atoms with van der Waals surface area (Å²) in [6, 6.07) is 13.4. The van der Waals surface area contributed by atoms with Gasteiger partial charge < -0.3 is 10.1 Å². The summed E-state index contributed by atoms with van der Waals surface area (Å²) in [7, 11) is 1.63. The van der Waals surface area contributed by atoms with E-state index in [4.69, 9.17) is 9.72 Å². The molecule has 1 N–H and O–H groups in total. The number of nitrogens with one attached hydrogen (secondary N) is 1. The Kier molecular flexibility index (Phi) is 4.47. The summed E-state index contributed by atoms with van der Waals surface area (Å²) >= 11 is 0. The second-order valence-corrected chi connectivity index (χ2v) is 6.85. The molecule has 5 rings (SSSR count). The number of nitrogens with zero attached hydrogens (tertiary/aromatic N) is 6. The van der Waals surface area contributed by atoms with Crippen LogP contribution in [-0.4, -0.2) is 36.7 Å². The summed E-state index contributed by atoms with van der Waals surface area (Å²) in [6.07, 6.45) is 4.19. The number of fused-ring (bicyclic) bond motifs is 3. The molecule has 0 spiro atoms. The van der Waals surface area contributed by atoms with Crippen LogP contribution in [0, 0.1) is 6.92 Å². The number of methoxy groups -OCH3 is 1. The molecular weight excluding hydrogens is 394 g/mol. The molecule has 9 nitrogen and oxygen atoms in total. The van der Waals surface area contributed by atoms with Crippen molar-refractivity contribution in [3.63, 3.8) is 0 Å². The summed E-state index contributed by atoms with van der Waals surface area (Å²) in [5.74, 6) is 1.64. The molecule has 0 saturated heterocycles. The zero-order valence-electron chi connectivity index (χ0n) is 16.8. The molecule has 0 unspecified atom stereocenters. The smallest absolute Gasteiger partial charge is 0.295 e. The van der Waals surface area contributed by atoms with Gasteiger partial charge in [-0.3, -0.25) is 9.78 Å². The minimum absolute atomic E-state index is 0.187. The number of hydrogen-bond donors (Lipinski definition) is 1. The molecule has 0 atom stereocenters. The molecule has 0 aliphatic rings. The van der Waals surface area contributed by atoms with E-state index in [9.17, 15) is 4.79 Å². The van der Waals surface area contributed by atoms with E-state index in [0.717, 1.165) is 27.8 Å². The highest BCUT2D eigenvalue weighted by Crippen LogP contribution is 2.28. The molecule has 9 heteroatoms. The van der Waals surface area contributed by atoms with Crippen LogP contribution < -0.4 is 15.6 Å². The number of benzene rings is 2. The molecule has 0 amide bonds. The fourth-order valence-corrected chi connectivity index (χ4v) is 3.35. The van der Waals surface area contributed by atoms with Crippen molar-refractivity contribution < 1.29 is 4.74 Å². The molecule has 31 heavy (non-hydrogen) atoms. The number of anilines is 2. The van der Waals surface area contributed by atoms with Crippen LogP contribution in [0.1, 0.15) is 5.56 Å². The maximum absolute atomic E-state index is 12.3. The maximum atomic E-state index is 12.3. The first kappa shape index (κ1) is 18.6. The largest absolute Gasteiger partial charge is 0.497 e. The molecule has 0 fully saturated rings. The third kappa shape index (κ3) is 3.31. The molecule has 3 aromatic heterocycles. The van der Waals surface area contributed by atoms with Crippen molar-refractivity contribution in [3.8, 4) is 17.1 Å². The third-order valence-electron chi connectivity index (χ3n) is 4.88. The van der Waals surface area contributed by atoms with E-state index in [2.05, 4.69) is 25.4 Å². The Bertz CT molecular complexity index is 1500. The van der Waals surface area contributed by atoms with Crippen LogP contribution in [-0.2, 0) is 0 Å². The molecule has 5 aromatic rings. The Morgan fingerprint density at radius 1 is 1.06 bits per heavy atom. The molecule has 152 valence electrons. The first-order valence-electron chi connectivity index (χ1n) is 9.52. The summed E-state index contributed by atoms with van der Waals surface area (Å²) in [5.41, 5.74) is 2.92. The average molecular weight is 411 g/mol. The van der Waals surface area contributed by atoms with Gasteiger partial charge in [-0.25, -0.2) is 15.0 Å². The van der Waals surface area contributed by atoms with Crippen LogP contribution in [0.25, 0.3) is 27.9 Å². The molecule has 0 radical (unpaired) electrons. The second-order valence-electron chi connectivity index (χ2n) is 6.85. The molecule has 2 aromatic carbocycles. The van der Waals surface area contributed by atoms with Gasteiger partial charge in [0.15, 0.2) is 11.5 Å². The number of aromatic nitrogens is 6. The Morgan fingerprint density at radius 2 is 1.94 bits per heavy atom. The summed E-state index contributed by atoms with van der Waals surface area (Å²) in [4.78, 5) is 29.5. The van der Waals surface area contributed by atoms with Gasteiger partial charge in [-0.05, 0) is 42.8 Å². The molecule has 3 heterocycles. The Morgan fingerprint density at radius 3 is 2.77 bits per heavy atom. The van der Waals surface area contributed by atoms with Gasteiger partial charge in [-0.2, -0.15) is 4.52 Å². The molecule has 0 bridgehead atoms. The van der Waals surface area contributed by atoms with Crippen LogP contribution in [0.5, 0.6) is 5.75 Å². The van der Waals surface area contributed by atoms with Gasteiger partial charge in [0.2, 0.25) is 5.95 Å². The molecular formula is C22H17N7O2. The van der Waals surface area contributed by atoms with Crippen LogP contribution in [0.15, 0.2) is 65.8 Å². The van der Waals surface area contributed by atoms with E-state index in [0.29, 0.717) is 17.4 Å². The minimum atomic E-state index is -0.452. The van der Waals surface area contributed by atoms with Crippen molar-refractivity contribution in [1.82, 2.24) is 29.5 Å². The van der Waals surface area contributed by atoms with Gasteiger partial charge >= 0.3 is 0 Å². The van der Waals surface area contributed by atoms with Crippen molar-refractivity contribution in [2.24, 2.45) is 0 Å². The summed E-state index contributed by atoms with van der Waals surface area (Å²) in [5, 5.41) is 8.55. The zero-order valence-corrected chi connectivity index (χ0v) is 16.8. The summed E-state index contributed by atoms with van der Waals surface area (Å²) < 4.78 is 6.89. The van der Waals surface area contributed by atoms with Gasteiger partial charge in [0.1, 0.15) is 11.4 Å². The normalized spacial score (nSPS) is 11.0. The van der Waals surface area contributed by atoms with E-state index >= 15 is 0 Å². The monoisotopic (exact) mass is 411 g/mol. The van der Waals surface area contributed by atoms with Crippen LogP contribution >= 0.6 is 0 Å². The van der Waals surface area contributed by atoms with Gasteiger partial charge in [0, 0.05) is 23.3 Å². The highest BCUT2D eigenvalue weighted by molar-refractivity contribution is 5.93. The van der Waals surface area contributed by atoms with Crippen molar-refractivity contribution in [1.29, 1.82) is 0 Å². The van der Waals surface area contributed by atoms with Crippen molar-refractivity contribution in [2.75, 3.05) is 12.4 Å². The van der Waals surface area contributed by atoms with E-state index in [1.54, 1.807) is 11.6 Å². The number of para-hydroxylation sites is 1. The zero-order chi connectivity index (χ0) is 21.4. The summed E-state index contributed by atoms with van der Waals surface area (Å²) in [6.45, 7) is 1.98. The SMILES string of the molecule is COc1ccc(-c2nc3c4ccccc4nc(Nc4cnccnc4=O)n3n2)c(C)c1. The lowest BCUT2D eigenvalue weighted by Crippen LogP contribution is -2.11. The lowest BCUT2D eigenvalue weighted by molar-refractivity contribution is 0.414. The van der Waals surface area contributed by atoms with E-state index in [-0.39, 0.29) is 5.69 Å². The van der Waals surface area contributed by atoms with E-state index in [1.807, 2.05) is 49.4 Å². The van der Waals surface area contributed by atoms with Crippen molar-refractivity contribution in [2.45, 2.75) is 6.92 Å². The fraction of sp³-hybridized carbons (Fsp3) is 0.0909. The van der Waals surface area contributed by atoms with Gasteiger partial charge in [0.25, 0.3) is 5.56 Å². The average Bonchev–Trinajstić information content (AvgIpc) is 3.13. The Labute approximate surface area is 176 Å². The first-order valence-corrected chi connectivity index (χ1v) is 9.52. The molecule has 0 saturated carbocycles. The Balaban J connectivity index is 1.74. The van der Waals surface area contributed by atoms with Crippen LogP contribution in [0.2, 0.25) is 0 Å². The molecule has 0 aliphatic carbocycles. The lowest BCUT2D eigenvalue weighted by atomic mass is 10.1. The van der Waals surface area contributed by atoms with Crippen LogP contribution in [0.4, 0.5) is 11.6 Å². The number of rotatable bonds is 4. The third-order valence-corrected chi connectivity index (χ3v) is 4.88. The van der Waals surface area contributed by atoms with Crippen molar-refractivity contribution in [3.05, 3.63) is 77.0 Å². The van der Waals surface area contributed by atoms with E-state index < -0.39 is 5.56 Å². The first-order chi connectivity index (χ1) is 15.1. The van der Waals surface area contributed by atoms with Gasteiger partial charge in [-0.15, -0.1) is 5.10 Å². The van der Waals surface area contributed by atoms with Gasteiger partial charge in [-0.1, -0.05) is 12.1 Å². The fourth-order valence-electron chi connectivity index (χ4n) is 3.35. The number of ether oxygens (including phenoxy) is 1. The minimum Gasteiger partial charge on any atom is -0.497 e. The predicted molar refractivity (Wildman–Crippen MR) is 117 cm³/mol. The highest BCUT2D eigenvalue weighted by atomic mass is 16.5. The molecule has 0 aliphatic heterocycles. The predicted octanol–water partition coefficient (Wildman–Crippen LogP) is 3.16. The second kappa shape index (κ2) is 7.45. The Hall–Kier alpha value is -4.40. The number of aryl methyl sites for hydroxylation is 1. The van der Waals surface area contributed by atoms with Crippen molar-refractivity contribution >= 4 is 28.2 Å². The highest BCUT2D eigenvalue weighted by Gasteiger charge is 2.16. The van der Waals surface area contributed by atoms with Crippen LogP contribution in [0.3, 0.4) is 0 Å².